The summed E-state index contributed by atoms with van der Waals surface area (Å²) in [7, 11) is 1.59. The summed E-state index contributed by atoms with van der Waals surface area (Å²) in [5.41, 5.74) is 3.08. The van der Waals surface area contributed by atoms with Crippen LogP contribution < -0.4 is 5.32 Å². The van der Waals surface area contributed by atoms with E-state index in [-0.39, 0.29) is 11.9 Å². The van der Waals surface area contributed by atoms with E-state index in [0.29, 0.717) is 13.0 Å². The average Bonchev–Trinajstić information content (AvgIpc) is 2.54. The van der Waals surface area contributed by atoms with Crippen LogP contribution in [0.1, 0.15) is 24.9 Å². The van der Waals surface area contributed by atoms with Gasteiger partial charge in [-0.3, -0.25) is 4.79 Å². The molecule has 5 heteroatoms. The number of methoxy groups -OCH3 is 1. The summed E-state index contributed by atoms with van der Waals surface area (Å²) in [5.74, 6) is -0.00936. The molecular formula is C16H19N3O2. The fraction of sp³-hybridized carbons (Fsp3) is 0.312. The van der Waals surface area contributed by atoms with Crippen molar-refractivity contribution in [1.29, 1.82) is 0 Å². The zero-order valence-corrected chi connectivity index (χ0v) is 12.2. The number of hydrogen-bond acceptors (Lipinski definition) is 4. The van der Waals surface area contributed by atoms with E-state index < -0.39 is 0 Å². The van der Waals surface area contributed by atoms with Crippen LogP contribution in [0.3, 0.4) is 0 Å². The molecule has 0 aliphatic rings. The first-order valence-corrected chi connectivity index (χ1v) is 6.84. The van der Waals surface area contributed by atoms with Gasteiger partial charge < -0.3 is 10.1 Å². The third-order valence-corrected chi connectivity index (χ3v) is 3.22. The standard InChI is InChI=1S/C16H19N3O2/c1-12(19-16(20)7-8-21-2)13-3-5-14(6-4-13)15-9-17-11-18-10-15/h3-6,9-12H,7-8H2,1-2H3,(H,19,20). The molecule has 0 aliphatic heterocycles. The summed E-state index contributed by atoms with van der Waals surface area (Å²) in [6.07, 6.45) is 5.44. The quantitative estimate of drug-likeness (QED) is 0.885. The Morgan fingerprint density at radius 2 is 1.86 bits per heavy atom. The lowest BCUT2D eigenvalue weighted by molar-refractivity contribution is -0.122. The van der Waals surface area contributed by atoms with Crippen LogP contribution in [0.15, 0.2) is 43.0 Å². The molecule has 1 aromatic carbocycles. The number of nitrogens with one attached hydrogen (secondary N) is 1. The second-order valence-corrected chi connectivity index (χ2v) is 4.78. The van der Waals surface area contributed by atoms with Crippen molar-refractivity contribution in [1.82, 2.24) is 15.3 Å². The Labute approximate surface area is 124 Å². The van der Waals surface area contributed by atoms with Crippen molar-refractivity contribution in [2.45, 2.75) is 19.4 Å². The van der Waals surface area contributed by atoms with E-state index in [0.717, 1.165) is 16.7 Å². The van der Waals surface area contributed by atoms with Gasteiger partial charge in [0.05, 0.1) is 12.6 Å². The van der Waals surface area contributed by atoms with E-state index in [9.17, 15) is 4.79 Å². The van der Waals surface area contributed by atoms with Crippen LogP contribution in [0.2, 0.25) is 0 Å². The van der Waals surface area contributed by atoms with Crippen molar-refractivity contribution in [3.63, 3.8) is 0 Å². The molecule has 1 unspecified atom stereocenters. The van der Waals surface area contributed by atoms with Gasteiger partial charge in [0.1, 0.15) is 6.33 Å². The molecule has 1 aromatic heterocycles. The highest BCUT2D eigenvalue weighted by Gasteiger charge is 2.09. The largest absolute Gasteiger partial charge is 0.384 e. The fourth-order valence-corrected chi connectivity index (χ4v) is 2.00. The minimum absolute atomic E-state index is 0.00936. The predicted molar refractivity (Wildman–Crippen MR) is 80.5 cm³/mol. The van der Waals surface area contributed by atoms with Gasteiger partial charge in [-0.05, 0) is 18.1 Å². The summed E-state index contributed by atoms with van der Waals surface area (Å²) >= 11 is 0. The smallest absolute Gasteiger partial charge is 0.222 e. The van der Waals surface area contributed by atoms with Crippen LogP contribution in [0.5, 0.6) is 0 Å². The molecular weight excluding hydrogens is 266 g/mol. The first-order valence-electron chi connectivity index (χ1n) is 6.84. The molecule has 1 heterocycles. The molecule has 0 spiro atoms. The maximum absolute atomic E-state index is 11.7. The van der Waals surface area contributed by atoms with Crippen LogP contribution in [0.25, 0.3) is 11.1 Å². The van der Waals surface area contributed by atoms with Gasteiger partial charge in [-0.1, -0.05) is 24.3 Å². The monoisotopic (exact) mass is 285 g/mol. The highest BCUT2D eigenvalue weighted by atomic mass is 16.5. The molecule has 1 atom stereocenters. The number of ether oxygens (including phenoxy) is 1. The molecule has 0 aliphatic carbocycles. The zero-order valence-electron chi connectivity index (χ0n) is 12.2. The van der Waals surface area contributed by atoms with Crippen molar-refractivity contribution >= 4 is 5.91 Å². The molecule has 0 bridgehead atoms. The summed E-state index contributed by atoms with van der Waals surface area (Å²) in [6.45, 7) is 2.40. The number of benzene rings is 1. The van der Waals surface area contributed by atoms with Gasteiger partial charge in [0.25, 0.3) is 0 Å². The van der Waals surface area contributed by atoms with E-state index in [4.69, 9.17) is 4.74 Å². The molecule has 0 radical (unpaired) electrons. The summed E-state index contributed by atoms with van der Waals surface area (Å²) in [4.78, 5) is 19.7. The Morgan fingerprint density at radius 3 is 2.48 bits per heavy atom. The Morgan fingerprint density at radius 1 is 1.19 bits per heavy atom. The lowest BCUT2D eigenvalue weighted by atomic mass is 10.0. The van der Waals surface area contributed by atoms with E-state index >= 15 is 0 Å². The molecule has 2 aromatic rings. The number of carbonyl (C=O) groups is 1. The minimum Gasteiger partial charge on any atom is -0.384 e. The first-order chi connectivity index (χ1) is 10.2. The van der Waals surface area contributed by atoms with Gasteiger partial charge in [-0.25, -0.2) is 9.97 Å². The maximum Gasteiger partial charge on any atom is 0.222 e. The van der Waals surface area contributed by atoms with Crippen LogP contribution in [-0.2, 0) is 9.53 Å². The van der Waals surface area contributed by atoms with Gasteiger partial charge in [0.15, 0.2) is 0 Å². The Balaban J connectivity index is 2.00. The second-order valence-electron chi connectivity index (χ2n) is 4.78. The topological polar surface area (TPSA) is 64.1 Å². The number of hydrogen-bond donors (Lipinski definition) is 1. The predicted octanol–water partition coefficient (Wildman–Crippen LogP) is 2.36. The summed E-state index contributed by atoms with van der Waals surface area (Å²) in [6, 6.07) is 7.99. The van der Waals surface area contributed by atoms with Crippen molar-refractivity contribution in [2.75, 3.05) is 13.7 Å². The number of carbonyl (C=O) groups excluding carboxylic acids is 1. The first kappa shape index (κ1) is 15.1. The van der Waals surface area contributed by atoms with Gasteiger partial charge in [-0.15, -0.1) is 0 Å². The van der Waals surface area contributed by atoms with E-state index in [1.165, 1.54) is 6.33 Å². The number of rotatable bonds is 6. The highest BCUT2D eigenvalue weighted by Crippen LogP contribution is 2.20. The third kappa shape index (κ3) is 4.36. The van der Waals surface area contributed by atoms with E-state index in [1.54, 1.807) is 19.5 Å². The molecule has 21 heavy (non-hydrogen) atoms. The van der Waals surface area contributed by atoms with E-state index in [2.05, 4.69) is 15.3 Å². The van der Waals surface area contributed by atoms with Crippen molar-refractivity contribution < 1.29 is 9.53 Å². The SMILES string of the molecule is COCCC(=O)NC(C)c1ccc(-c2cncnc2)cc1. The fourth-order valence-electron chi connectivity index (χ4n) is 2.00. The van der Waals surface area contributed by atoms with Crippen LogP contribution in [0, 0.1) is 0 Å². The third-order valence-electron chi connectivity index (χ3n) is 3.22. The molecule has 0 saturated carbocycles. The highest BCUT2D eigenvalue weighted by molar-refractivity contribution is 5.76. The van der Waals surface area contributed by atoms with Crippen LogP contribution >= 0.6 is 0 Å². The lowest BCUT2D eigenvalue weighted by Gasteiger charge is -2.14. The number of nitrogens with zero attached hydrogens (tertiary/aromatic N) is 2. The van der Waals surface area contributed by atoms with Crippen molar-refractivity contribution in [3.8, 4) is 11.1 Å². The minimum atomic E-state index is -0.0320. The molecule has 110 valence electrons. The Kier molecular flexibility index (Phi) is 5.40. The lowest BCUT2D eigenvalue weighted by Crippen LogP contribution is -2.27. The molecule has 0 fully saturated rings. The molecule has 0 saturated heterocycles. The zero-order chi connectivity index (χ0) is 15.1. The molecule has 1 amide bonds. The molecule has 2 rings (SSSR count). The Bertz CT molecular complexity index is 570. The summed E-state index contributed by atoms with van der Waals surface area (Å²) < 4.78 is 4.89. The average molecular weight is 285 g/mol. The van der Waals surface area contributed by atoms with Crippen LogP contribution in [0.4, 0.5) is 0 Å². The van der Waals surface area contributed by atoms with Gasteiger partial charge >= 0.3 is 0 Å². The normalized spacial score (nSPS) is 11.9. The number of aromatic nitrogens is 2. The van der Waals surface area contributed by atoms with E-state index in [1.807, 2.05) is 31.2 Å². The van der Waals surface area contributed by atoms with Crippen molar-refractivity contribution in [2.24, 2.45) is 0 Å². The number of amides is 1. The van der Waals surface area contributed by atoms with Crippen molar-refractivity contribution in [3.05, 3.63) is 48.5 Å². The van der Waals surface area contributed by atoms with Crippen LogP contribution in [-0.4, -0.2) is 29.6 Å². The summed E-state index contributed by atoms with van der Waals surface area (Å²) in [5, 5.41) is 2.95. The Hall–Kier alpha value is -2.27. The van der Waals surface area contributed by atoms with Gasteiger partial charge in [0, 0.05) is 31.5 Å². The maximum atomic E-state index is 11.7. The molecule has 1 N–H and O–H groups in total. The second kappa shape index (κ2) is 7.50. The molecule has 5 nitrogen and oxygen atoms in total. The van der Waals surface area contributed by atoms with Gasteiger partial charge in [0.2, 0.25) is 5.91 Å². The van der Waals surface area contributed by atoms with Gasteiger partial charge in [-0.2, -0.15) is 0 Å².